The number of benzene rings is 1. The van der Waals surface area contributed by atoms with Crippen molar-refractivity contribution in [1.82, 2.24) is 9.46 Å². The normalized spacial score (nSPS) is 19.6. The van der Waals surface area contributed by atoms with Crippen LogP contribution in [-0.2, 0) is 10.0 Å². The lowest BCUT2D eigenvalue weighted by molar-refractivity contribution is 0.316. The zero-order valence-electron chi connectivity index (χ0n) is 11.9. The van der Waals surface area contributed by atoms with Gasteiger partial charge in [0.2, 0.25) is 10.0 Å². The molecule has 0 unspecified atom stereocenters. The van der Waals surface area contributed by atoms with Crippen molar-refractivity contribution in [3.05, 3.63) is 36.5 Å². The Hall–Kier alpha value is -1.41. The van der Waals surface area contributed by atoms with Crippen LogP contribution in [0.3, 0.4) is 0 Å². The van der Waals surface area contributed by atoms with Gasteiger partial charge in [0.1, 0.15) is 0 Å². The minimum Gasteiger partial charge on any atom is -0.356 e. The molecule has 0 bridgehead atoms. The Bertz CT molecular complexity index is 719. The largest absolute Gasteiger partial charge is 0.356 e. The summed E-state index contributed by atoms with van der Waals surface area (Å²) < 4.78 is 32.3. The Kier molecular flexibility index (Phi) is 5.23. The fourth-order valence-corrected chi connectivity index (χ4v) is 4.31. The van der Waals surface area contributed by atoms with Gasteiger partial charge in [-0.25, -0.2) is 8.42 Å². The lowest BCUT2D eigenvalue weighted by Gasteiger charge is -2.30. The first kappa shape index (κ1) is 17.0. The van der Waals surface area contributed by atoms with E-state index in [1.54, 1.807) is 30.3 Å². The second-order valence-corrected chi connectivity index (χ2v) is 7.04. The SMILES string of the molecule is Cl.N[C@@H]1CCCN(S(=O)(=O)c2ccccc2-c2ccno2)C1. The molecule has 22 heavy (non-hydrogen) atoms. The van der Waals surface area contributed by atoms with E-state index >= 15 is 0 Å². The Balaban J connectivity index is 0.00000176. The minimum atomic E-state index is -3.59. The summed E-state index contributed by atoms with van der Waals surface area (Å²) in [6.07, 6.45) is 3.14. The monoisotopic (exact) mass is 343 g/mol. The van der Waals surface area contributed by atoms with Gasteiger partial charge in [0.25, 0.3) is 0 Å². The van der Waals surface area contributed by atoms with Crippen LogP contribution in [-0.4, -0.2) is 37.0 Å². The molecule has 120 valence electrons. The van der Waals surface area contributed by atoms with Gasteiger partial charge in [-0.3, -0.25) is 0 Å². The highest BCUT2D eigenvalue weighted by atomic mass is 35.5. The number of sulfonamides is 1. The van der Waals surface area contributed by atoms with Gasteiger partial charge in [-0.2, -0.15) is 4.31 Å². The van der Waals surface area contributed by atoms with Crippen LogP contribution in [0.4, 0.5) is 0 Å². The highest BCUT2D eigenvalue weighted by molar-refractivity contribution is 7.89. The summed E-state index contributed by atoms with van der Waals surface area (Å²) in [6, 6.07) is 8.34. The van der Waals surface area contributed by atoms with E-state index in [4.69, 9.17) is 10.3 Å². The van der Waals surface area contributed by atoms with Gasteiger partial charge in [0, 0.05) is 30.8 Å². The molecule has 1 fully saturated rings. The molecule has 0 saturated carbocycles. The van der Waals surface area contributed by atoms with Crippen LogP contribution in [0.5, 0.6) is 0 Å². The lowest BCUT2D eigenvalue weighted by atomic mass is 10.1. The summed E-state index contributed by atoms with van der Waals surface area (Å²) in [7, 11) is -3.59. The molecule has 2 N–H and O–H groups in total. The number of nitrogens with two attached hydrogens (primary N) is 1. The van der Waals surface area contributed by atoms with Gasteiger partial charge in [-0.1, -0.05) is 17.3 Å². The standard InChI is InChI=1S/C14H17N3O3S.ClH/c15-11-4-3-9-17(10-11)21(18,19)14-6-2-1-5-12(14)13-7-8-16-20-13;/h1-2,5-8,11H,3-4,9-10,15H2;1H/t11-;/m1./s1. The van der Waals surface area contributed by atoms with Crippen molar-refractivity contribution in [2.45, 2.75) is 23.8 Å². The van der Waals surface area contributed by atoms with E-state index in [-0.39, 0.29) is 23.3 Å². The number of rotatable bonds is 3. The first-order valence-corrected chi connectivity index (χ1v) is 8.29. The van der Waals surface area contributed by atoms with E-state index in [2.05, 4.69) is 5.16 Å². The van der Waals surface area contributed by atoms with Crippen molar-refractivity contribution in [3.8, 4) is 11.3 Å². The van der Waals surface area contributed by atoms with E-state index in [9.17, 15) is 8.42 Å². The van der Waals surface area contributed by atoms with Gasteiger partial charge >= 0.3 is 0 Å². The lowest BCUT2D eigenvalue weighted by Crippen LogP contribution is -2.45. The van der Waals surface area contributed by atoms with E-state index < -0.39 is 10.0 Å². The van der Waals surface area contributed by atoms with Crippen molar-refractivity contribution < 1.29 is 12.9 Å². The van der Waals surface area contributed by atoms with E-state index in [1.165, 1.54) is 10.5 Å². The van der Waals surface area contributed by atoms with Gasteiger partial charge in [-0.05, 0) is 25.0 Å². The highest BCUT2D eigenvalue weighted by Crippen LogP contribution is 2.30. The van der Waals surface area contributed by atoms with Crippen LogP contribution in [0.15, 0.2) is 45.9 Å². The topological polar surface area (TPSA) is 89.4 Å². The molecule has 0 aliphatic carbocycles. The molecule has 8 heteroatoms. The molecule has 3 rings (SSSR count). The third-order valence-electron chi connectivity index (χ3n) is 3.63. The third kappa shape index (κ3) is 3.17. The molecule has 1 aromatic heterocycles. The quantitative estimate of drug-likeness (QED) is 0.919. The molecule has 6 nitrogen and oxygen atoms in total. The first-order valence-electron chi connectivity index (χ1n) is 6.85. The maximum atomic E-state index is 12.9. The van der Waals surface area contributed by atoms with E-state index in [1.807, 2.05) is 0 Å². The van der Waals surface area contributed by atoms with Gasteiger partial charge in [-0.15, -0.1) is 12.4 Å². The zero-order chi connectivity index (χ0) is 14.9. The van der Waals surface area contributed by atoms with Crippen LogP contribution in [0.2, 0.25) is 0 Å². The number of nitrogens with zero attached hydrogens (tertiary/aromatic N) is 2. The van der Waals surface area contributed by atoms with Gasteiger partial charge < -0.3 is 10.3 Å². The molecular weight excluding hydrogens is 326 g/mol. The van der Waals surface area contributed by atoms with Crippen molar-refractivity contribution in [3.63, 3.8) is 0 Å². The van der Waals surface area contributed by atoms with Crippen LogP contribution in [0, 0.1) is 0 Å². The Morgan fingerprint density at radius 3 is 2.73 bits per heavy atom. The maximum absolute atomic E-state index is 12.9. The summed E-state index contributed by atoms with van der Waals surface area (Å²) in [5.74, 6) is 0.440. The zero-order valence-corrected chi connectivity index (χ0v) is 13.5. The maximum Gasteiger partial charge on any atom is 0.243 e. The Morgan fingerprint density at radius 2 is 2.05 bits per heavy atom. The Labute approximate surface area is 135 Å². The molecule has 1 aliphatic heterocycles. The Morgan fingerprint density at radius 1 is 1.27 bits per heavy atom. The summed E-state index contributed by atoms with van der Waals surface area (Å²) in [4.78, 5) is 0.232. The van der Waals surface area contributed by atoms with Crippen LogP contribution >= 0.6 is 12.4 Å². The fourth-order valence-electron chi connectivity index (χ4n) is 2.58. The number of halogens is 1. The molecule has 1 aliphatic rings. The molecule has 0 radical (unpaired) electrons. The molecule has 2 heterocycles. The van der Waals surface area contributed by atoms with Crippen molar-refractivity contribution >= 4 is 22.4 Å². The average molecular weight is 344 g/mol. The van der Waals surface area contributed by atoms with E-state index in [0.717, 1.165) is 12.8 Å². The van der Waals surface area contributed by atoms with Crippen LogP contribution in [0.1, 0.15) is 12.8 Å². The highest BCUT2D eigenvalue weighted by Gasteiger charge is 2.31. The van der Waals surface area contributed by atoms with Crippen LogP contribution in [0.25, 0.3) is 11.3 Å². The number of hydrogen-bond donors (Lipinski definition) is 1. The summed E-state index contributed by atoms with van der Waals surface area (Å²) in [6.45, 7) is 0.855. The second kappa shape index (κ2) is 6.78. The molecule has 0 amide bonds. The number of piperidine rings is 1. The molecule has 1 atom stereocenters. The summed E-state index contributed by atoms with van der Waals surface area (Å²) >= 11 is 0. The first-order chi connectivity index (χ1) is 10.1. The average Bonchev–Trinajstić information content (AvgIpc) is 3.01. The van der Waals surface area contributed by atoms with Gasteiger partial charge in [0.15, 0.2) is 5.76 Å². The number of aromatic nitrogens is 1. The van der Waals surface area contributed by atoms with Crippen molar-refractivity contribution in [2.24, 2.45) is 5.73 Å². The molecule has 1 saturated heterocycles. The fraction of sp³-hybridized carbons (Fsp3) is 0.357. The van der Waals surface area contributed by atoms with E-state index in [0.29, 0.717) is 24.4 Å². The predicted molar refractivity (Wildman–Crippen MR) is 85.2 cm³/mol. The molecule has 1 aromatic carbocycles. The molecular formula is C14H18ClN3O3S. The second-order valence-electron chi connectivity index (χ2n) is 5.14. The van der Waals surface area contributed by atoms with Crippen molar-refractivity contribution in [2.75, 3.05) is 13.1 Å². The van der Waals surface area contributed by atoms with Gasteiger partial charge in [0.05, 0.1) is 11.1 Å². The predicted octanol–water partition coefficient (Wildman–Crippen LogP) is 1.88. The van der Waals surface area contributed by atoms with Crippen LogP contribution < -0.4 is 5.73 Å². The molecule has 0 spiro atoms. The summed E-state index contributed by atoms with van der Waals surface area (Å²) in [5.41, 5.74) is 6.42. The smallest absolute Gasteiger partial charge is 0.243 e. The minimum absolute atomic E-state index is 0. The summed E-state index contributed by atoms with van der Waals surface area (Å²) in [5, 5.41) is 3.64. The number of hydrogen-bond acceptors (Lipinski definition) is 5. The molecule has 2 aromatic rings. The third-order valence-corrected chi connectivity index (χ3v) is 5.55. The van der Waals surface area contributed by atoms with Crippen molar-refractivity contribution in [1.29, 1.82) is 0 Å².